The van der Waals surface area contributed by atoms with Gasteiger partial charge in [0.1, 0.15) is 0 Å². The van der Waals surface area contributed by atoms with Crippen LogP contribution in [0.2, 0.25) is 0 Å². The van der Waals surface area contributed by atoms with Crippen molar-refractivity contribution in [1.82, 2.24) is 15.0 Å². The predicted octanol–water partition coefficient (Wildman–Crippen LogP) is 1.71. The minimum atomic E-state index is -0.241. The highest BCUT2D eigenvalue weighted by Gasteiger charge is 2.45. The Hall–Kier alpha value is -1.59. The molecule has 3 unspecified atom stereocenters. The SMILES string of the molecule is COC(=O)N1CC2CCC1C(c1noc(C)n1)C2. The molecule has 1 amide bonds. The molecule has 3 heterocycles. The van der Waals surface area contributed by atoms with E-state index in [4.69, 9.17) is 9.26 Å². The molecule has 0 N–H and O–H groups in total. The Labute approximate surface area is 105 Å². The van der Waals surface area contributed by atoms with Crippen LogP contribution in [0, 0.1) is 12.8 Å². The molecule has 98 valence electrons. The Bertz CT molecular complexity index is 459. The maximum absolute atomic E-state index is 11.8. The fourth-order valence-corrected chi connectivity index (χ4v) is 3.26. The van der Waals surface area contributed by atoms with Crippen molar-refractivity contribution in [3.63, 3.8) is 0 Å². The largest absolute Gasteiger partial charge is 0.453 e. The van der Waals surface area contributed by atoms with Gasteiger partial charge in [0.15, 0.2) is 5.82 Å². The van der Waals surface area contributed by atoms with Crippen molar-refractivity contribution in [2.45, 2.75) is 38.1 Å². The standard InChI is InChI=1S/C12H17N3O3/c1-7-13-11(14-18-7)9-5-8-3-4-10(9)15(6-8)12(16)17-2/h8-10H,3-6H2,1-2H3. The first-order valence-electron chi connectivity index (χ1n) is 6.34. The van der Waals surface area contributed by atoms with Gasteiger partial charge >= 0.3 is 6.09 Å². The Morgan fingerprint density at radius 1 is 1.50 bits per heavy atom. The molecular weight excluding hydrogens is 234 g/mol. The van der Waals surface area contributed by atoms with E-state index in [0.717, 1.165) is 25.2 Å². The Kier molecular flexibility index (Phi) is 2.72. The monoisotopic (exact) mass is 251 g/mol. The molecule has 0 spiro atoms. The molecule has 4 rings (SSSR count). The number of ether oxygens (including phenoxy) is 1. The summed E-state index contributed by atoms with van der Waals surface area (Å²) in [6.07, 6.45) is 2.97. The van der Waals surface area contributed by atoms with Gasteiger partial charge in [0.05, 0.1) is 7.11 Å². The predicted molar refractivity (Wildman–Crippen MR) is 62.0 cm³/mol. The average molecular weight is 251 g/mol. The summed E-state index contributed by atoms with van der Waals surface area (Å²) in [6, 6.07) is 0.152. The van der Waals surface area contributed by atoms with E-state index in [2.05, 4.69) is 10.1 Å². The van der Waals surface area contributed by atoms with Crippen LogP contribution in [0.15, 0.2) is 4.52 Å². The number of hydrogen-bond donors (Lipinski definition) is 0. The maximum Gasteiger partial charge on any atom is 0.409 e. The normalized spacial score (nSPS) is 30.6. The lowest BCUT2D eigenvalue weighted by atomic mass is 9.72. The average Bonchev–Trinajstić information content (AvgIpc) is 2.85. The lowest BCUT2D eigenvalue weighted by Gasteiger charge is -2.48. The second kappa shape index (κ2) is 4.26. The maximum atomic E-state index is 11.8. The van der Waals surface area contributed by atoms with Crippen LogP contribution in [-0.2, 0) is 4.74 Å². The fourth-order valence-electron chi connectivity index (χ4n) is 3.26. The Morgan fingerprint density at radius 3 is 2.94 bits per heavy atom. The van der Waals surface area contributed by atoms with Crippen molar-refractivity contribution < 1.29 is 14.1 Å². The number of carbonyl (C=O) groups excluding carboxylic acids is 1. The topological polar surface area (TPSA) is 68.5 Å². The van der Waals surface area contributed by atoms with Crippen LogP contribution in [0.5, 0.6) is 0 Å². The highest BCUT2D eigenvalue weighted by atomic mass is 16.5. The molecule has 2 bridgehead atoms. The van der Waals surface area contributed by atoms with Crippen molar-refractivity contribution in [2.75, 3.05) is 13.7 Å². The van der Waals surface area contributed by atoms with Crippen LogP contribution >= 0.6 is 0 Å². The first-order valence-corrected chi connectivity index (χ1v) is 6.34. The van der Waals surface area contributed by atoms with Crippen LogP contribution in [-0.4, -0.2) is 40.8 Å². The highest BCUT2D eigenvalue weighted by Crippen LogP contribution is 2.43. The van der Waals surface area contributed by atoms with Gasteiger partial charge in [-0.25, -0.2) is 4.79 Å². The molecule has 6 heteroatoms. The number of nitrogens with zero attached hydrogens (tertiary/aromatic N) is 3. The minimum Gasteiger partial charge on any atom is -0.453 e. The van der Waals surface area contributed by atoms with Crippen molar-refractivity contribution in [3.8, 4) is 0 Å². The van der Waals surface area contributed by atoms with E-state index in [-0.39, 0.29) is 18.1 Å². The highest BCUT2D eigenvalue weighted by molar-refractivity contribution is 5.68. The molecule has 2 aliphatic heterocycles. The third kappa shape index (κ3) is 1.76. The summed E-state index contributed by atoms with van der Waals surface area (Å²) >= 11 is 0. The number of hydrogen-bond acceptors (Lipinski definition) is 5. The van der Waals surface area contributed by atoms with E-state index in [1.54, 1.807) is 6.92 Å². The molecule has 1 aromatic heterocycles. The molecule has 18 heavy (non-hydrogen) atoms. The molecule has 0 radical (unpaired) electrons. The van der Waals surface area contributed by atoms with Crippen LogP contribution in [0.1, 0.15) is 36.9 Å². The summed E-state index contributed by atoms with van der Waals surface area (Å²) in [5, 5.41) is 4.01. The minimum absolute atomic E-state index is 0.152. The molecule has 3 aliphatic rings. The van der Waals surface area contributed by atoms with Crippen LogP contribution in [0.25, 0.3) is 0 Å². The van der Waals surface area contributed by atoms with Gasteiger partial charge < -0.3 is 14.2 Å². The molecule has 6 nitrogen and oxygen atoms in total. The summed E-state index contributed by atoms with van der Waals surface area (Å²) in [4.78, 5) is 17.9. The third-order valence-corrected chi connectivity index (χ3v) is 4.06. The number of piperidine rings is 2. The molecule has 1 saturated carbocycles. The molecule has 0 aromatic carbocycles. The summed E-state index contributed by atoms with van der Waals surface area (Å²) in [5.74, 6) is 2.03. The summed E-state index contributed by atoms with van der Waals surface area (Å²) in [6.45, 7) is 2.58. The zero-order valence-corrected chi connectivity index (χ0v) is 10.6. The van der Waals surface area contributed by atoms with Crippen LogP contribution < -0.4 is 0 Å². The van der Waals surface area contributed by atoms with E-state index in [9.17, 15) is 4.79 Å². The number of methoxy groups -OCH3 is 1. The zero-order valence-electron chi connectivity index (χ0n) is 10.6. The smallest absolute Gasteiger partial charge is 0.409 e. The van der Waals surface area contributed by atoms with Gasteiger partial charge in [-0.2, -0.15) is 4.98 Å². The van der Waals surface area contributed by atoms with Gasteiger partial charge in [0, 0.05) is 25.4 Å². The molecular formula is C12H17N3O3. The van der Waals surface area contributed by atoms with Gasteiger partial charge in [-0.15, -0.1) is 0 Å². The summed E-state index contributed by atoms with van der Waals surface area (Å²) in [5.41, 5.74) is 0. The lowest BCUT2D eigenvalue weighted by molar-refractivity contribution is 0.0235. The number of amides is 1. The first kappa shape index (κ1) is 11.5. The van der Waals surface area contributed by atoms with Gasteiger partial charge in [0.2, 0.25) is 5.89 Å². The molecule has 2 saturated heterocycles. The Balaban J connectivity index is 1.86. The van der Waals surface area contributed by atoms with Gasteiger partial charge in [-0.3, -0.25) is 0 Å². The van der Waals surface area contributed by atoms with E-state index in [0.29, 0.717) is 11.8 Å². The number of carbonyl (C=O) groups is 1. The second-order valence-corrected chi connectivity index (χ2v) is 5.15. The third-order valence-electron chi connectivity index (χ3n) is 4.06. The molecule has 3 fully saturated rings. The quantitative estimate of drug-likeness (QED) is 0.760. The van der Waals surface area contributed by atoms with Crippen molar-refractivity contribution in [3.05, 3.63) is 11.7 Å². The number of fused-ring (bicyclic) bond motifs is 3. The van der Waals surface area contributed by atoms with Crippen molar-refractivity contribution in [1.29, 1.82) is 0 Å². The Morgan fingerprint density at radius 2 is 2.33 bits per heavy atom. The first-order chi connectivity index (χ1) is 8.69. The van der Waals surface area contributed by atoms with E-state index in [1.165, 1.54) is 13.5 Å². The zero-order chi connectivity index (χ0) is 12.7. The lowest BCUT2D eigenvalue weighted by Crippen LogP contribution is -2.54. The van der Waals surface area contributed by atoms with E-state index in [1.807, 2.05) is 4.90 Å². The van der Waals surface area contributed by atoms with E-state index >= 15 is 0 Å². The van der Waals surface area contributed by atoms with Gasteiger partial charge in [-0.1, -0.05) is 5.16 Å². The van der Waals surface area contributed by atoms with E-state index < -0.39 is 0 Å². The van der Waals surface area contributed by atoms with Crippen LogP contribution in [0.3, 0.4) is 0 Å². The number of aromatic nitrogens is 2. The number of aryl methyl sites for hydroxylation is 1. The van der Waals surface area contributed by atoms with Gasteiger partial charge in [0.25, 0.3) is 0 Å². The molecule has 1 aliphatic carbocycles. The summed E-state index contributed by atoms with van der Waals surface area (Å²) < 4.78 is 9.91. The van der Waals surface area contributed by atoms with Crippen LogP contribution in [0.4, 0.5) is 4.79 Å². The fraction of sp³-hybridized carbons (Fsp3) is 0.750. The number of rotatable bonds is 1. The second-order valence-electron chi connectivity index (χ2n) is 5.15. The van der Waals surface area contributed by atoms with Gasteiger partial charge in [-0.05, 0) is 25.2 Å². The van der Waals surface area contributed by atoms with Crippen molar-refractivity contribution >= 4 is 6.09 Å². The molecule has 3 atom stereocenters. The van der Waals surface area contributed by atoms with Crippen molar-refractivity contribution in [2.24, 2.45) is 5.92 Å². The summed E-state index contributed by atoms with van der Waals surface area (Å²) in [7, 11) is 1.43. The molecule has 1 aromatic rings.